The number of ether oxygens (including phenoxy) is 3. The fraction of sp³-hybridized carbons (Fsp3) is 0.240. The van der Waals surface area contributed by atoms with Gasteiger partial charge in [0.2, 0.25) is 0 Å². The number of hydrogen-bond acceptors (Lipinski definition) is 6. The molecular formula is C25H26FN3O5. The molecule has 1 amide bonds. The van der Waals surface area contributed by atoms with Crippen molar-refractivity contribution in [3.05, 3.63) is 71.3 Å². The van der Waals surface area contributed by atoms with Gasteiger partial charge in [0.05, 0.1) is 31.3 Å². The molecule has 0 aliphatic rings. The van der Waals surface area contributed by atoms with Crippen LogP contribution in [0, 0.1) is 19.7 Å². The number of aryl methyl sites for hydroxylation is 1. The minimum absolute atomic E-state index is 0.337. The molecule has 9 heteroatoms. The summed E-state index contributed by atoms with van der Waals surface area (Å²) < 4.78 is 30.5. The van der Waals surface area contributed by atoms with Crippen molar-refractivity contribution in [1.82, 2.24) is 9.78 Å². The summed E-state index contributed by atoms with van der Waals surface area (Å²) in [5, 5.41) is 7.13. The van der Waals surface area contributed by atoms with E-state index >= 15 is 0 Å². The Morgan fingerprint density at radius 3 is 2.44 bits per heavy atom. The first-order chi connectivity index (χ1) is 16.2. The maximum absolute atomic E-state index is 13.2. The van der Waals surface area contributed by atoms with Gasteiger partial charge in [0.1, 0.15) is 17.3 Å². The number of carbonyl (C=O) groups is 2. The third-order valence-corrected chi connectivity index (χ3v) is 5.13. The molecule has 8 nitrogen and oxygen atoms in total. The lowest BCUT2D eigenvalue weighted by atomic mass is 10.2. The first-order valence-electron chi connectivity index (χ1n) is 10.5. The van der Waals surface area contributed by atoms with Gasteiger partial charge in [-0.2, -0.15) is 5.10 Å². The van der Waals surface area contributed by atoms with Gasteiger partial charge in [0.25, 0.3) is 5.91 Å². The van der Waals surface area contributed by atoms with E-state index in [9.17, 15) is 14.0 Å². The van der Waals surface area contributed by atoms with Crippen molar-refractivity contribution in [3.8, 4) is 17.2 Å². The number of nitrogens with zero attached hydrogens (tertiary/aromatic N) is 2. The highest BCUT2D eigenvalue weighted by Crippen LogP contribution is 2.29. The zero-order chi connectivity index (χ0) is 24.8. The summed E-state index contributed by atoms with van der Waals surface area (Å²) in [6.07, 6.45) is 1.76. The Hall–Kier alpha value is -4.14. The maximum atomic E-state index is 13.2. The van der Waals surface area contributed by atoms with Crippen molar-refractivity contribution in [2.24, 2.45) is 0 Å². The number of rotatable bonds is 8. The molecule has 0 radical (unpaired) electrons. The Kier molecular flexibility index (Phi) is 7.68. The zero-order valence-electron chi connectivity index (χ0n) is 19.6. The average Bonchev–Trinajstić information content (AvgIpc) is 3.11. The van der Waals surface area contributed by atoms with E-state index in [1.54, 1.807) is 48.0 Å². The van der Waals surface area contributed by atoms with Gasteiger partial charge in [-0.05, 0) is 63.2 Å². The number of anilines is 1. The van der Waals surface area contributed by atoms with Gasteiger partial charge in [0, 0.05) is 23.4 Å². The van der Waals surface area contributed by atoms with Crippen LogP contribution in [-0.4, -0.2) is 42.0 Å². The summed E-state index contributed by atoms with van der Waals surface area (Å²) in [6.45, 7) is 5.11. The Morgan fingerprint density at radius 1 is 1.09 bits per heavy atom. The summed E-state index contributed by atoms with van der Waals surface area (Å²) in [5.41, 5.74) is 3.26. The Morgan fingerprint density at radius 2 is 1.79 bits per heavy atom. The number of benzene rings is 2. The van der Waals surface area contributed by atoms with Crippen LogP contribution in [0.3, 0.4) is 0 Å². The number of hydrogen-bond donors (Lipinski definition) is 1. The Labute approximate surface area is 196 Å². The molecule has 1 unspecified atom stereocenters. The van der Waals surface area contributed by atoms with Crippen molar-refractivity contribution in [2.75, 3.05) is 19.5 Å². The minimum atomic E-state index is -1.06. The van der Waals surface area contributed by atoms with Crippen LogP contribution in [0.25, 0.3) is 11.8 Å². The van der Waals surface area contributed by atoms with E-state index in [0.29, 0.717) is 28.6 Å². The number of amides is 1. The third-order valence-electron chi connectivity index (χ3n) is 5.13. The lowest BCUT2D eigenvalue weighted by Gasteiger charge is -2.15. The van der Waals surface area contributed by atoms with Crippen LogP contribution < -0.4 is 14.8 Å². The molecule has 0 saturated heterocycles. The van der Waals surface area contributed by atoms with Gasteiger partial charge in [-0.15, -0.1) is 0 Å². The number of esters is 1. The standard InChI is InChI=1S/C25H26FN3O5/c1-15-21(16(2)29(28-15)19-8-6-18(26)7-9-19)11-13-24(30)34-17(3)25(31)27-22-14-20(32-4)10-12-23(22)33-5/h6-14,17H,1-5H3,(H,27,31)/b13-11+. The van der Waals surface area contributed by atoms with Gasteiger partial charge in [0.15, 0.2) is 6.10 Å². The van der Waals surface area contributed by atoms with Gasteiger partial charge in [-0.1, -0.05) is 0 Å². The van der Waals surface area contributed by atoms with Gasteiger partial charge < -0.3 is 19.5 Å². The molecule has 0 saturated carbocycles. The smallest absolute Gasteiger partial charge is 0.331 e. The molecule has 34 heavy (non-hydrogen) atoms. The Bertz CT molecular complexity index is 1220. The predicted molar refractivity (Wildman–Crippen MR) is 126 cm³/mol. The molecular weight excluding hydrogens is 441 g/mol. The molecule has 1 N–H and O–H groups in total. The fourth-order valence-corrected chi connectivity index (χ4v) is 3.29. The second kappa shape index (κ2) is 10.7. The average molecular weight is 467 g/mol. The number of halogens is 1. The first kappa shape index (κ1) is 24.5. The maximum Gasteiger partial charge on any atom is 0.331 e. The van der Waals surface area contributed by atoms with E-state index in [4.69, 9.17) is 14.2 Å². The van der Waals surface area contributed by atoms with Crippen molar-refractivity contribution >= 4 is 23.6 Å². The predicted octanol–water partition coefficient (Wildman–Crippen LogP) is 4.23. The lowest BCUT2D eigenvalue weighted by molar-refractivity contribution is -0.148. The van der Waals surface area contributed by atoms with E-state index in [1.165, 1.54) is 39.4 Å². The quantitative estimate of drug-likeness (QED) is 0.394. The molecule has 1 heterocycles. The second-order valence-electron chi connectivity index (χ2n) is 7.44. The van der Waals surface area contributed by atoms with Crippen LogP contribution >= 0.6 is 0 Å². The van der Waals surface area contributed by atoms with Crippen molar-refractivity contribution < 1.29 is 28.2 Å². The van der Waals surface area contributed by atoms with Gasteiger partial charge in [-0.25, -0.2) is 13.9 Å². The van der Waals surface area contributed by atoms with Crippen LogP contribution in [0.2, 0.25) is 0 Å². The summed E-state index contributed by atoms with van der Waals surface area (Å²) in [6, 6.07) is 10.9. The number of carbonyl (C=O) groups excluding carboxylic acids is 2. The zero-order valence-corrected chi connectivity index (χ0v) is 19.6. The van der Waals surface area contributed by atoms with E-state index < -0.39 is 18.0 Å². The number of aromatic nitrogens is 2. The molecule has 3 aromatic rings. The van der Waals surface area contributed by atoms with Crippen molar-refractivity contribution in [1.29, 1.82) is 0 Å². The second-order valence-corrected chi connectivity index (χ2v) is 7.44. The summed E-state index contributed by atoms with van der Waals surface area (Å²) >= 11 is 0. The molecule has 1 aromatic heterocycles. The number of methoxy groups -OCH3 is 2. The lowest BCUT2D eigenvalue weighted by Crippen LogP contribution is -2.29. The molecule has 2 aromatic carbocycles. The summed E-state index contributed by atoms with van der Waals surface area (Å²) in [4.78, 5) is 24.9. The highest BCUT2D eigenvalue weighted by Gasteiger charge is 2.19. The summed E-state index contributed by atoms with van der Waals surface area (Å²) in [7, 11) is 2.99. The normalized spacial score (nSPS) is 11.8. The number of nitrogens with one attached hydrogen (secondary N) is 1. The van der Waals surface area contributed by atoms with Crippen molar-refractivity contribution in [2.45, 2.75) is 26.9 Å². The fourth-order valence-electron chi connectivity index (χ4n) is 3.29. The third kappa shape index (κ3) is 5.61. The largest absolute Gasteiger partial charge is 0.497 e. The molecule has 0 aliphatic heterocycles. The minimum Gasteiger partial charge on any atom is -0.497 e. The first-order valence-corrected chi connectivity index (χ1v) is 10.5. The molecule has 3 rings (SSSR count). The van der Waals surface area contributed by atoms with E-state index in [-0.39, 0.29) is 5.82 Å². The highest BCUT2D eigenvalue weighted by atomic mass is 19.1. The van der Waals surface area contributed by atoms with E-state index in [1.807, 2.05) is 6.92 Å². The molecule has 0 fully saturated rings. The SMILES string of the molecule is COc1ccc(OC)c(NC(=O)C(C)OC(=O)/C=C/c2c(C)nn(-c3ccc(F)cc3)c2C)c1. The Balaban J connectivity index is 1.67. The van der Waals surface area contributed by atoms with Crippen LogP contribution in [0.4, 0.5) is 10.1 Å². The van der Waals surface area contributed by atoms with Crippen LogP contribution in [0.1, 0.15) is 23.9 Å². The molecule has 0 aliphatic carbocycles. The van der Waals surface area contributed by atoms with E-state index in [2.05, 4.69) is 10.4 Å². The van der Waals surface area contributed by atoms with Gasteiger partial charge >= 0.3 is 5.97 Å². The van der Waals surface area contributed by atoms with Crippen LogP contribution in [0.5, 0.6) is 11.5 Å². The highest BCUT2D eigenvalue weighted by molar-refractivity contribution is 5.97. The van der Waals surface area contributed by atoms with E-state index in [0.717, 1.165) is 11.3 Å². The van der Waals surface area contributed by atoms with Gasteiger partial charge in [-0.3, -0.25) is 4.79 Å². The molecule has 0 spiro atoms. The topological polar surface area (TPSA) is 91.7 Å². The van der Waals surface area contributed by atoms with Crippen LogP contribution in [-0.2, 0) is 14.3 Å². The molecule has 0 bridgehead atoms. The van der Waals surface area contributed by atoms with Crippen LogP contribution in [0.15, 0.2) is 48.5 Å². The molecule has 1 atom stereocenters. The van der Waals surface area contributed by atoms with Crippen molar-refractivity contribution in [3.63, 3.8) is 0 Å². The molecule has 178 valence electrons. The summed E-state index contributed by atoms with van der Waals surface area (Å²) in [5.74, 6) is -0.568. The monoisotopic (exact) mass is 467 g/mol.